The number of aliphatic hydroxyl groups is 3. The Morgan fingerprint density at radius 2 is 1.92 bits per heavy atom. The number of aliphatic hydroxyl groups excluding tert-OH is 3. The van der Waals surface area contributed by atoms with Gasteiger partial charge < -0.3 is 30.7 Å². The Labute approximate surface area is 148 Å². The van der Waals surface area contributed by atoms with E-state index in [0.717, 1.165) is 12.8 Å². The lowest BCUT2D eigenvalue weighted by atomic mass is 10.0. The van der Waals surface area contributed by atoms with Crippen LogP contribution >= 0.6 is 0 Å². The molecule has 5 atom stereocenters. The second kappa shape index (κ2) is 10.5. The van der Waals surface area contributed by atoms with Crippen molar-refractivity contribution in [2.45, 2.75) is 63.6 Å². The molecule has 0 spiro atoms. The fourth-order valence-electron chi connectivity index (χ4n) is 2.56. The van der Waals surface area contributed by atoms with Crippen LogP contribution in [0.25, 0.3) is 0 Å². The minimum absolute atomic E-state index is 0.161. The highest BCUT2D eigenvalue weighted by Crippen LogP contribution is 2.12. The van der Waals surface area contributed by atoms with Crippen LogP contribution in [0.1, 0.15) is 33.1 Å². The third kappa shape index (κ3) is 6.74. The van der Waals surface area contributed by atoms with Crippen LogP contribution in [0.2, 0.25) is 0 Å². The van der Waals surface area contributed by atoms with Gasteiger partial charge in [-0.25, -0.2) is 0 Å². The van der Waals surface area contributed by atoms with Crippen LogP contribution in [0.3, 0.4) is 0 Å². The van der Waals surface area contributed by atoms with Crippen molar-refractivity contribution in [1.82, 2.24) is 10.6 Å². The van der Waals surface area contributed by atoms with Crippen molar-refractivity contribution in [2.24, 2.45) is 5.92 Å². The zero-order valence-corrected chi connectivity index (χ0v) is 15.0. The Morgan fingerprint density at radius 1 is 1.24 bits per heavy atom. The summed E-state index contributed by atoms with van der Waals surface area (Å²) in [6, 6.07) is -0.706. The summed E-state index contributed by atoms with van der Waals surface area (Å²) < 4.78 is 4.99. The Balaban J connectivity index is 2.71. The van der Waals surface area contributed by atoms with Crippen LogP contribution in [0, 0.1) is 5.92 Å². The topological polar surface area (TPSA) is 128 Å². The van der Waals surface area contributed by atoms with E-state index in [1.54, 1.807) is 6.08 Å². The molecule has 0 radical (unpaired) electrons. The Hall–Kier alpha value is -1.48. The van der Waals surface area contributed by atoms with Crippen molar-refractivity contribution >= 4 is 11.8 Å². The van der Waals surface area contributed by atoms with E-state index < -0.39 is 36.4 Å². The van der Waals surface area contributed by atoms with Crippen molar-refractivity contribution in [1.29, 1.82) is 0 Å². The molecule has 0 aromatic heterocycles. The van der Waals surface area contributed by atoms with Gasteiger partial charge in [-0.05, 0) is 25.2 Å². The Kier molecular flexibility index (Phi) is 9.05. The number of carbonyl (C=O) groups excluding carboxylic acids is 2. The molecule has 0 aromatic carbocycles. The van der Waals surface area contributed by atoms with E-state index in [9.17, 15) is 24.9 Å². The van der Waals surface area contributed by atoms with Crippen LogP contribution in [-0.4, -0.2) is 71.2 Å². The van der Waals surface area contributed by atoms with Gasteiger partial charge >= 0.3 is 0 Å². The molecule has 1 fully saturated rings. The van der Waals surface area contributed by atoms with E-state index in [2.05, 4.69) is 10.6 Å². The van der Waals surface area contributed by atoms with E-state index in [1.165, 1.54) is 13.2 Å². The molecule has 1 rings (SSSR count). The first-order valence-electron chi connectivity index (χ1n) is 8.61. The van der Waals surface area contributed by atoms with E-state index in [0.29, 0.717) is 13.0 Å². The normalized spacial score (nSPS) is 23.6. The maximum Gasteiger partial charge on any atom is 0.252 e. The molecule has 0 saturated carbocycles. The first kappa shape index (κ1) is 21.6. The minimum atomic E-state index is -1.65. The Morgan fingerprint density at radius 3 is 2.52 bits per heavy atom. The predicted molar refractivity (Wildman–Crippen MR) is 91.6 cm³/mol. The van der Waals surface area contributed by atoms with Gasteiger partial charge in [0.25, 0.3) is 5.91 Å². The van der Waals surface area contributed by atoms with Crippen molar-refractivity contribution in [3.05, 3.63) is 12.2 Å². The van der Waals surface area contributed by atoms with E-state index in [1.807, 2.05) is 13.8 Å². The molecule has 0 aliphatic carbocycles. The molecular formula is C17H30N2O6. The molecule has 1 aliphatic rings. The lowest BCUT2D eigenvalue weighted by Gasteiger charge is -2.28. The van der Waals surface area contributed by atoms with Gasteiger partial charge in [0.2, 0.25) is 5.91 Å². The maximum atomic E-state index is 12.3. The molecule has 8 nitrogen and oxygen atoms in total. The van der Waals surface area contributed by atoms with Crippen molar-refractivity contribution in [3.63, 3.8) is 0 Å². The molecule has 2 amide bonds. The second-order valence-corrected chi connectivity index (χ2v) is 6.60. The molecule has 1 heterocycles. The molecule has 3 unspecified atom stereocenters. The van der Waals surface area contributed by atoms with Gasteiger partial charge in [0.05, 0.1) is 0 Å². The average Bonchev–Trinajstić information content (AvgIpc) is 2.77. The lowest BCUT2D eigenvalue weighted by Crippen LogP contribution is -2.55. The highest BCUT2D eigenvalue weighted by molar-refractivity contribution is 5.89. The van der Waals surface area contributed by atoms with Crippen molar-refractivity contribution in [2.75, 3.05) is 13.7 Å². The fraction of sp³-hybridized carbons (Fsp3) is 0.765. The summed E-state index contributed by atoms with van der Waals surface area (Å²) in [6.07, 6.45) is -0.851. The molecule has 0 aromatic rings. The van der Waals surface area contributed by atoms with E-state index >= 15 is 0 Å². The number of ether oxygens (including phenoxy) is 1. The summed E-state index contributed by atoms with van der Waals surface area (Å²) >= 11 is 0. The average molecular weight is 358 g/mol. The number of amides is 2. The quantitative estimate of drug-likeness (QED) is 0.357. The Bertz CT molecular complexity index is 468. The largest absolute Gasteiger partial charge is 0.387 e. The zero-order valence-electron chi connectivity index (χ0n) is 15.0. The predicted octanol–water partition coefficient (Wildman–Crippen LogP) is -0.919. The first-order valence-corrected chi connectivity index (χ1v) is 8.61. The molecular weight excluding hydrogens is 328 g/mol. The summed E-state index contributed by atoms with van der Waals surface area (Å²) in [5.41, 5.74) is 0. The summed E-state index contributed by atoms with van der Waals surface area (Å²) in [5.74, 6) is -0.832. The van der Waals surface area contributed by atoms with Crippen LogP contribution < -0.4 is 10.6 Å². The smallest absolute Gasteiger partial charge is 0.252 e. The summed E-state index contributed by atoms with van der Waals surface area (Å²) in [6.45, 7) is 4.36. The number of rotatable bonds is 8. The van der Waals surface area contributed by atoms with Crippen LogP contribution in [0.5, 0.6) is 0 Å². The third-order valence-corrected chi connectivity index (χ3v) is 4.07. The molecule has 0 bridgehead atoms. The molecule has 1 aliphatic heterocycles. The minimum Gasteiger partial charge on any atom is -0.387 e. The van der Waals surface area contributed by atoms with Gasteiger partial charge in [-0.15, -0.1) is 0 Å². The monoisotopic (exact) mass is 358 g/mol. The van der Waals surface area contributed by atoms with Crippen LogP contribution in [0.4, 0.5) is 0 Å². The van der Waals surface area contributed by atoms with Gasteiger partial charge in [-0.3, -0.25) is 9.59 Å². The first-order chi connectivity index (χ1) is 11.8. The van der Waals surface area contributed by atoms with Gasteiger partial charge in [-0.1, -0.05) is 26.0 Å². The maximum absolute atomic E-state index is 12.3. The van der Waals surface area contributed by atoms with Gasteiger partial charge in [0.15, 0.2) is 6.10 Å². The zero-order chi connectivity index (χ0) is 19.0. The number of allylic oxidation sites excluding steroid dienone is 1. The SMILES string of the molecule is CO[C@@H](C(=O)N[C@H]1CCCCNC1=O)C(O)C(O)C(O)C=CC(C)C. The van der Waals surface area contributed by atoms with E-state index in [4.69, 9.17) is 4.74 Å². The summed E-state index contributed by atoms with van der Waals surface area (Å²) in [4.78, 5) is 24.2. The molecule has 5 N–H and O–H groups in total. The van der Waals surface area contributed by atoms with E-state index in [-0.39, 0.29) is 11.8 Å². The molecule has 1 saturated heterocycles. The second-order valence-electron chi connectivity index (χ2n) is 6.60. The summed E-state index contributed by atoms with van der Waals surface area (Å²) in [7, 11) is 1.21. The number of nitrogens with one attached hydrogen (secondary N) is 2. The van der Waals surface area contributed by atoms with Crippen molar-refractivity contribution in [3.8, 4) is 0 Å². The number of carbonyl (C=O) groups is 2. The van der Waals surface area contributed by atoms with Crippen molar-refractivity contribution < 1.29 is 29.6 Å². The van der Waals surface area contributed by atoms with Gasteiger partial charge in [0.1, 0.15) is 24.4 Å². The molecule has 25 heavy (non-hydrogen) atoms. The number of hydrogen-bond donors (Lipinski definition) is 5. The van der Waals surface area contributed by atoms with Gasteiger partial charge in [0, 0.05) is 13.7 Å². The lowest BCUT2D eigenvalue weighted by molar-refractivity contribution is -0.150. The van der Waals surface area contributed by atoms with Gasteiger partial charge in [-0.2, -0.15) is 0 Å². The highest BCUT2D eigenvalue weighted by Gasteiger charge is 2.36. The standard InChI is InChI=1S/C17H30N2O6/c1-10(2)7-8-12(20)13(21)14(22)15(25-3)17(24)19-11-6-4-5-9-18-16(11)23/h7-8,10-15,20-22H,4-6,9H2,1-3H3,(H,18,23)(H,19,24)/t11-,12?,13?,14?,15+/m0/s1. The number of hydrogen-bond acceptors (Lipinski definition) is 6. The highest BCUT2D eigenvalue weighted by atomic mass is 16.5. The van der Waals surface area contributed by atoms with Crippen LogP contribution in [-0.2, 0) is 14.3 Å². The van der Waals surface area contributed by atoms with Crippen LogP contribution in [0.15, 0.2) is 12.2 Å². The molecule has 144 valence electrons. The summed E-state index contributed by atoms with van der Waals surface area (Å²) in [5, 5.41) is 35.4. The number of methoxy groups -OCH3 is 1. The fourth-order valence-corrected chi connectivity index (χ4v) is 2.56. The molecule has 8 heteroatoms. The third-order valence-electron chi connectivity index (χ3n) is 4.07.